The zero-order valence-corrected chi connectivity index (χ0v) is 5.59. The first kappa shape index (κ1) is 6.15. The number of fused-ring (bicyclic) bond motifs is 1. The number of carbonyl (C=O) groups excluding carboxylic acids is 1. The van der Waals surface area contributed by atoms with Crippen LogP contribution in [0.4, 0.5) is 0 Å². The SMILES string of the molecule is O=C1C=Cc2oc(=O)[nH]c2C1. The lowest BCUT2D eigenvalue weighted by Gasteiger charge is -1.98. The van der Waals surface area contributed by atoms with E-state index in [1.54, 1.807) is 0 Å². The molecule has 0 aliphatic heterocycles. The van der Waals surface area contributed by atoms with Crippen molar-refractivity contribution >= 4 is 11.9 Å². The quantitative estimate of drug-likeness (QED) is 0.572. The molecular weight excluding hydrogens is 146 g/mol. The summed E-state index contributed by atoms with van der Waals surface area (Å²) in [6, 6.07) is 0. The van der Waals surface area contributed by atoms with Gasteiger partial charge in [-0.3, -0.25) is 9.78 Å². The Morgan fingerprint density at radius 3 is 3.00 bits per heavy atom. The first-order valence-corrected chi connectivity index (χ1v) is 3.18. The zero-order chi connectivity index (χ0) is 7.84. The average molecular weight is 151 g/mol. The van der Waals surface area contributed by atoms with E-state index in [9.17, 15) is 9.59 Å². The Balaban J connectivity index is 2.61. The van der Waals surface area contributed by atoms with Gasteiger partial charge in [-0.15, -0.1) is 0 Å². The second-order valence-corrected chi connectivity index (χ2v) is 2.33. The maximum absolute atomic E-state index is 10.8. The molecule has 0 fully saturated rings. The van der Waals surface area contributed by atoms with Crippen molar-refractivity contribution in [1.82, 2.24) is 4.98 Å². The molecule has 0 saturated carbocycles. The molecule has 0 spiro atoms. The number of aromatic nitrogens is 1. The van der Waals surface area contributed by atoms with Gasteiger partial charge in [-0.05, 0) is 12.2 Å². The molecular formula is C7H5NO3. The van der Waals surface area contributed by atoms with Crippen molar-refractivity contribution < 1.29 is 9.21 Å². The second kappa shape index (κ2) is 1.95. The summed E-state index contributed by atoms with van der Waals surface area (Å²) in [5.74, 6) is -0.0569. The number of carbonyl (C=O) groups is 1. The van der Waals surface area contributed by atoms with E-state index in [0.29, 0.717) is 11.5 Å². The highest BCUT2D eigenvalue weighted by Gasteiger charge is 2.14. The zero-order valence-electron chi connectivity index (χ0n) is 5.59. The van der Waals surface area contributed by atoms with Gasteiger partial charge in [-0.25, -0.2) is 4.79 Å². The lowest BCUT2D eigenvalue weighted by molar-refractivity contribution is -0.114. The third kappa shape index (κ3) is 0.920. The first-order valence-electron chi connectivity index (χ1n) is 3.18. The molecule has 0 radical (unpaired) electrons. The fraction of sp³-hybridized carbons (Fsp3) is 0.143. The lowest BCUT2D eigenvalue weighted by atomic mass is 10.1. The molecule has 0 amide bonds. The van der Waals surface area contributed by atoms with Crippen molar-refractivity contribution in [3.63, 3.8) is 0 Å². The van der Waals surface area contributed by atoms with E-state index in [2.05, 4.69) is 4.98 Å². The third-order valence-corrected chi connectivity index (χ3v) is 1.52. The molecule has 0 atom stereocenters. The molecule has 0 aromatic carbocycles. The average Bonchev–Trinajstić information content (AvgIpc) is 2.27. The second-order valence-electron chi connectivity index (χ2n) is 2.33. The fourth-order valence-corrected chi connectivity index (χ4v) is 1.04. The number of hydrogen-bond acceptors (Lipinski definition) is 3. The number of aromatic amines is 1. The van der Waals surface area contributed by atoms with Crippen molar-refractivity contribution in [2.75, 3.05) is 0 Å². The summed E-state index contributed by atoms with van der Waals surface area (Å²) in [7, 11) is 0. The predicted molar refractivity (Wildman–Crippen MR) is 37.1 cm³/mol. The molecule has 11 heavy (non-hydrogen) atoms. The van der Waals surface area contributed by atoms with E-state index in [0.717, 1.165) is 0 Å². The van der Waals surface area contributed by atoms with Gasteiger partial charge in [0.05, 0.1) is 12.1 Å². The van der Waals surface area contributed by atoms with Crippen LogP contribution in [-0.4, -0.2) is 10.8 Å². The van der Waals surface area contributed by atoms with E-state index in [1.807, 2.05) is 0 Å². The van der Waals surface area contributed by atoms with Crippen molar-refractivity contribution in [3.8, 4) is 0 Å². The predicted octanol–water partition coefficient (Wildman–Crippen LogP) is 0.106. The van der Waals surface area contributed by atoms with E-state index in [1.165, 1.54) is 12.2 Å². The van der Waals surface area contributed by atoms with Crippen LogP contribution in [0.2, 0.25) is 0 Å². The number of ketones is 1. The maximum Gasteiger partial charge on any atom is 0.417 e. The molecule has 1 heterocycles. The highest BCUT2D eigenvalue weighted by molar-refractivity contribution is 5.97. The monoisotopic (exact) mass is 151 g/mol. The van der Waals surface area contributed by atoms with Crippen LogP contribution in [0.25, 0.3) is 6.08 Å². The summed E-state index contributed by atoms with van der Waals surface area (Å²) in [4.78, 5) is 23.8. The molecule has 1 aromatic rings. The van der Waals surface area contributed by atoms with Crippen LogP contribution in [0.1, 0.15) is 11.5 Å². The Morgan fingerprint density at radius 1 is 1.36 bits per heavy atom. The van der Waals surface area contributed by atoms with E-state index < -0.39 is 5.76 Å². The number of hydrogen-bond donors (Lipinski definition) is 1. The van der Waals surface area contributed by atoms with Crippen molar-refractivity contribution in [2.45, 2.75) is 6.42 Å². The fourth-order valence-electron chi connectivity index (χ4n) is 1.04. The Bertz CT molecular complexity index is 383. The lowest BCUT2D eigenvalue weighted by Crippen LogP contribution is -2.05. The van der Waals surface area contributed by atoms with Crippen molar-refractivity contribution in [3.05, 3.63) is 28.1 Å². The largest absolute Gasteiger partial charge is 0.417 e. The standard InChI is InChI=1S/C7H5NO3/c9-4-1-2-6-5(3-4)8-7(10)11-6/h1-2H,3H2,(H,8,10). The molecule has 1 N–H and O–H groups in total. The molecule has 4 nitrogen and oxygen atoms in total. The highest BCUT2D eigenvalue weighted by Crippen LogP contribution is 2.12. The number of H-pyrrole nitrogens is 1. The van der Waals surface area contributed by atoms with Crippen molar-refractivity contribution in [1.29, 1.82) is 0 Å². The van der Waals surface area contributed by atoms with Crippen LogP contribution in [0, 0.1) is 0 Å². The van der Waals surface area contributed by atoms with Gasteiger partial charge in [0.2, 0.25) is 0 Å². The van der Waals surface area contributed by atoms with Gasteiger partial charge in [-0.1, -0.05) is 0 Å². The van der Waals surface area contributed by atoms with E-state index in [-0.39, 0.29) is 12.2 Å². The van der Waals surface area contributed by atoms with Gasteiger partial charge in [0.1, 0.15) is 0 Å². The molecule has 0 unspecified atom stereocenters. The Kier molecular flexibility index (Phi) is 1.09. The summed E-state index contributed by atoms with van der Waals surface area (Å²) in [5.41, 5.74) is 0.572. The Hall–Kier alpha value is -1.58. The molecule has 1 aliphatic carbocycles. The minimum absolute atomic E-state index is 0.0189. The topological polar surface area (TPSA) is 63.1 Å². The minimum Gasteiger partial charge on any atom is -0.408 e. The van der Waals surface area contributed by atoms with Gasteiger partial charge < -0.3 is 4.42 Å². The van der Waals surface area contributed by atoms with Crippen LogP contribution in [0.15, 0.2) is 15.3 Å². The summed E-state index contributed by atoms with van der Waals surface area (Å²) in [6.07, 6.45) is 3.13. The molecule has 1 aromatic heterocycles. The van der Waals surface area contributed by atoms with Crippen LogP contribution in [-0.2, 0) is 11.2 Å². The minimum atomic E-state index is -0.505. The normalized spacial score (nSPS) is 15.1. The molecule has 0 saturated heterocycles. The number of nitrogens with one attached hydrogen (secondary N) is 1. The molecule has 4 heteroatoms. The number of oxazole rings is 1. The van der Waals surface area contributed by atoms with Gasteiger partial charge in [0.25, 0.3) is 0 Å². The summed E-state index contributed by atoms with van der Waals surface area (Å²) < 4.78 is 4.70. The van der Waals surface area contributed by atoms with Crippen molar-refractivity contribution in [2.24, 2.45) is 0 Å². The van der Waals surface area contributed by atoms with Crippen LogP contribution < -0.4 is 5.76 Å². The van der Waals surface area contributed by atoms with Gasteiger partial charge in [-0.2, -0.15) is 0 Å². The van der Waals surface area contributed by atoms with Gasteiger partial charge in [0.15, 0.2) is 11.5 Å². The summed E-state index contributed by atoms with van der Waals surface area (Å²) in [6.45, 7) is 0. The van der Waals surface area contributed by atoms with E-state index >= 15 is 0 Å². The molecule has 1 aliphatic rings. The van der Waals surface area contributed by atoms with Crippen LogP contribution in [0.5, 0.6) is 0 Å². The van der Waals surface area contributed by atoms with Gasteiger partial charge >= 0.3 is 5.76 Å². The highest BCUT2D eigenvalue weighted by atomic mass is 16.4. The summed E-state index contributed by atoms with van der Waals surface area (Å²) >= 11 is 0. The third-order valence-electron chi connectivity index (χ3n) is 1.52. The molecule has 2 rings (SSSR count). The Morgan fingerprint density at radius 2 is 2.18 bits per heavy atom. The number of allylic oxidation sites excluding steroid dienone is 1. The number of rotatable bonds is 0. The van der Waals surface area contributed by atoms with Crippen LogP contribution in [0.3, 0.4) is 0 Å². The molecule has 0 bridgehead atoms. The summed E-state index contributed by atoms with van der Waals surface area (Å²) in [5, 5.41) is 0. The maximum atomic E-state index is 10.8. The molecule has 56 valence electrons. The van der Waals surface area contributed by atoms with Gasteiger partial charge in [0, 0.05) is 0 Å². The first-order chi connectivity index (χ1) is 5.25. The Labute approximate surface area is 61.5 Å². The smallest absolute Gasteiger partial charge is 0.408 e. The van der Waals surface area contributed by atoms with E-state index in [4.69, 9.17) is 4.42 Å². The van der Waals surface area contributed by atoms with Crippen LogP contribution >= 0.6 is 0 Å².